The highest BCUT2D eigenvalue weighted by atomic mass is 19.1. The Morgan fingerprint density at radius 2 is 2.06 bits per heavy atom. The van der Waals surface area contributed by atoms with Crippen molar-refractivity contribution in [1.82, 2.24) is 9.78 Å². The van der Waals surface area contributed by atoms with Crippen LogP contribution in [0.25, 0.3) is 0 Å². The minimum absolute atomic E-state index is 0.303. The summed E-state index contributed by atoms with van der Waals surface area (Å²) in [5, 5.41) is 14.3. The lowest BCUT2D eigenvalue weighted by Gasteiger charge is -2.10. The van der Waals surface area contributed by atoms with Crippen molar-refractivity contribution in [2.45, 2.75) is 20.0 Å². The predicted molar refractivity (Wildman–Crippen MR) is 63.1 cm³/mol. The van der Waals surface area contributed by atoms with E-state index < -0.39 is 6.10 Å². The molecule has 0 fully saturated rings. The van der Waals surface area contributed by atoms with Gasteiger partial charge in [-0.2, -0.15) is 5.10 Å². The van der Waals surface area contributed by atoms with Crippen LogP contribution in [-0.4, -0.2) is 14.9 Å². The summed E-state index contributed by atoms with van der Waals surface area (Å²) in [6.07, 6.45) is 0.913. The number of benzene rings is 1. The maximum absolute atomic E-state index is 13.4. The van der Waals surface area contributed by atoms with Crippen LogP contribution in [-0.2, 0) is 7.05 Å². The molecule has 0 saturated carbocycles. The first-order valence-corrected chi connectivity index (χ1v) is 5.43. The highest BCUT2D eigenvalue weighted by Gasteiger charge is 2.16. The number of halogens is 1. The molecule has 0 amide bonds. The van der Waals surface area contributed by atoms with Gasteiger partial charge in [-0.25, -0.2) is 4.39 Å². The number of rotatable bonds is 2. The summed E-state index contributed by atoms with van der Waals surface area (Å²) in [6.45, 7) is 3.52. The molecule has 4 heteroatoms. The number of hydrogen-bond donors (Lipinski definition) is 1. The molecule has 0 radical (unpaired) electrons. The third-order valence-corrected chi connectivity index (χ3v) is 2.86. The van der Waals surface area contributed by atoms with Gasteiger partial charge in [0.15, 0.2) is 0 Å². The Morgan fingerprint density at radius 1 is 1.35 bits per heavy atom. The van der Waals surface area contributed by atoms with Crippen molar-refractivity contribution in [3.8, 4) is 0 Å². The van der Waals surface area contributed by atoms with E-state index in [2.05, 4.69) is 5.10 Å². The van der Waals surface area contributed by atoms with E-state index in [1.54, 1.807) is 37.0 Å². The summed E-state index contributed by atoms with van der Waals surface area (Å²) in [6, 6.07) is 4.77. The van der Waals surface area contributed by atoms with Gasteiger partial charge in [0.05, 0.1) is 5.69 Å². The third kappa shape index (κ3) is 2.22. The van der Waals surface area contributed by atoms with E-state index in [-0.39, 0.29) is 5.82 Å². The molecule has 0 bridgehead atoms. The van der Waals surface area contributed by atoms with Crippen molar-refractivity contribution in [2.24, 2.45) is 7.05 Å². The summed E-state index contributed by atoms with van der Waals surface area (Å²) in [4.78, 5) is 0. The fourth-order valence-corrected chi connectivity index (χ4v) is 1.85. The zero-order valence-corrected chi connectivity index (χ0v) is 10.1. The molecular weight excluding hydrogens is 219 g/mol. The zero-order chi connectivity index (χ0) is 12.6. The fourth-order valence-electron chi connectivity index (χ4n) is 1.85. The van der Waals surface area contributed by atoms with Crippen LogP contribution >= 0.6 is 0 Å². The van der Waals surface area contributed by atoms with Gasteiger partial charge in [0.25, 0.3) is 0 Å². The molecule has 2 aromatic rings. The molecule has 1 aromatic heterocycles. The second-order valence-corrected chi connectivity index (χ2v) is 4.25. The number of aromatic nitrogens is 2. The smallest absolute Gasteiger partial charge is 0.126 e. The molecule has 0 saturated heterocycles. The summed E-state index contributed by atoms with van der Waals surface area (Å²) < 4.78 is 15.1. The normalized spacial score (nSPS) is 12.8. The van der Waals surface area contributed by atoms with Crippen LogP contribution < -0.4 is 0 Å². The number of aliphatic hydroxyl groups is 1. The van der Waals surface area contributed by atoms with E-state index >= 15 is 0 Å². The Kier molecular flexibility index (Phi) is 2.98. The number of aliphatic hydroxyl groups excluding tert-OH is 1. The maximum Gasteiger partial charge on any atom is 0.126 e. The molecule has 1 heterocycles. The lowest BCUT2D eigenvalue weighted by Crippen LogP contribution is -2.01. The van der Waals surface area contributed by atoms with Gasteiger partial charge in [-0.1, -0.05) is 12.1 Å². The molecule has 1 N–H and O–H groups in total. The minimum Gasteiger partial charge on any atom is -0.384 e. The Labute approximate surface area is 99.5 Å². The topological polar surface area (TPSA) is 38.0 Å². The molecule has 1 unspecified atom stereocenters. The minimum atomic E-state index is -0.834. The van der Waals surface area contributed by atoms with Gasteiger partial charge in [0.1, 0.15) is 11.9 Å². The van der Waals surface area contributed by atoms with E-state index in [0.717, 1.165) is 5.69 Å². The molecule has 0 aliphatic rings. The SMILES string of the molecule is Cc1ccc(C(O)c2cn(C)nc2C)cc1F. The van der Waals surface area contributed by atoms with Gasteiger partial charge in [0.2, 0.25) is 0 Å². The van der Waals surface area contributed by atoms with Crippen LogP contribution in [0, 0.1) is 19.7 Å². The molecule has 1 aromatic carbocycles. The van der Waals surface area contributed by atoms with Crippen LogP contribution in [0.3, 0.4) is 0 Å². The van der Waals surface area contributed by atoms with E-state index in [1.807, 2.05) is 6.92 Å². The molecule has 1 atom stereocenters. The largest absolute Gasteiger partial charge is 0.384 e. The molecular formula is C13H15FN2O. The van der Waals surface area contributed by atoms with Crippen LogP contribution in [0.1, 0.15) is 28.5 Å². The van der Waals surface area contributed by atoms with E-state index in [0.29, 0.717) is 16.7 Å². The molecule has 0 aliphatic carbocycles. The lowest BCUT2D eigenvalue weighted by atomic mass is 10.0. The molecule has 3 nitrogen and oxygen atoms in total. The summed E-state index contributed by atoms with van der Waals surface area (Å²) >= 11 is 0. The summed E-state index contributed by atoms with van der Waals surface area (Å²) in [5.74, 6) is -0.303. The van der Waals surface area contributed by atoms with E-state index in [9.17, 15) is 9.50 Å². The monoisotopic (exact) mass is 234 g/mol. The first-order valence-electron chi connectivity index (χ1n) is 5.43. The predicted octanol–water partition coefficient (Wildman–Crippen LogP) is 2.26. The summed E-state index contributed by atoms with van der Waals surface area (Å²) in [5.41, 5.74) is 2.57. The van der Waals surface area contributed by atoms with Gasteiger partial charge >= 0.3 is 0 Å². The maximum atomic E-state index is 13.4. The van der Waals surface area contributed by atoms with Crippen LogP contribution in [0.15, 0.2) is 24.4 Å². The lowest BCUT2D eigenvalue weighted by molar-refractivity contribution is 0.219. The highest BCUT2D eigenvalue weighted by Crippen LogP contribution is 2.25. The highest BCUT2D eigenvalue weighted by molar-refractivity contribution is 5.33. The van der Waals surface area contributed by atoms with Crippen molar-refractivity contribution in [2.75, 3.05) is 0 Å². The Hall–Kier alpha value is -1.68. The van der Waals surface area contributed by atoms with Crippen molar-refractivity contribution in [3.63, 3.8) is 0 Å². The number of aryl methyl sites for hydroxylation is 3. The Morgan fingerprint density at radius 3 is 2.59 bits per heavy atom. The molecule has 0 spiro atoms. The average molecular weight is 234 g/mol. The first-order chi connectivity index (χ1) is 7.99. The Balaban J connectivity index is 2.40. The fraction of sp³-hybridized carbons (Fsp3) is 0.308. The van der Waals surface area contributed by atoms with Gasteiger partial charge in [-0.05, 0) is 31.0 Å². The summed E-state index contributed by atoms with van der Waals surface area (Å²) in [7, 11) is 1.79. The van der Waals surface area contributed by atoms with Crippen molar-refractivity contribution in [3.05, 3.63) is 52.6 Å². The quantitative estimate of drug-likeness (QED) is 0.865. The molecule has 0 aliphatic heterocycles. The van der Waals surface area contributed by atoms with Crippen LogP contribution in [0.5, 0.6) is 0 Å². The second-order valence-electron chi connectivity index (χ2n) is 4.25. The molecule has 17 heavy (non-hydrogen) atoms. The molecule has 2 rings (SSSR count). The number of nitrogens with zero attached hydrogens (tertiary/aromatic N) is 2. The van der Waals surface area contributed by atoms with Crippen LogP contribution in [0.2, 0.25) is 0 Å². The van der Waals surface area contributed by atoms with E-state index in [4.69, 9.17) is 0 Å². The first kappa shape index (κ1) is 11.8. The van der Waals surface area contributed by atoms with Gasteiger partial charge < -0.3 is 5.11 Å². The average Bonchev–Trinajstić information content (AvgIpc) is 2.61. The standard InChI is InChI=1S/C13H15FN2O/c1-8-4-5-10(6-12(8)14)13(17)11-7-16(3)15-9(11)2/h4-7,13,17H,1-3H3. The Bertz CT molecular complexity index is 548. The second kappa shape index (κ2) is 4.30. The van der Waals surface area contributed by atoms with Crippen molar-refractivity contribution in [1.29, 1.82) is 0 Å². The number of hydrogen-bond acceptors (Lipinski definition) is 2. The zero-order valence-electron chi connectivity index (χ0n) is 10.1. The van der Waals surface area contributed by atoms with Crippen molar-refractivity contribution >= 4 is 0 Å². The molecule has 90 valence electrons. The van der Waals surface area contributed by atoms with Gasteiger partial charge in [-0.15, -0.1) is 0 Å². The third-order valence-electron chi connectivity index (χ3n) is 2.86. The van der Waals surface area contributed by atoms with Crippen LogP contribution in [0.4, 0.5) is 4.39 Å². The van der Waals surface area contributed by atoms with Crippen molar-refractivity contribution < 1.29 is 9.50 Å². The van der Waals surface area contributed by atoms with Gasteiger partial charge in [0, 0.05) is 18.8 Å². The van der Waals surface area contributed by atoms with E-state index in [1.165, 1.54) is 6.07 Å². The van der Waals surface area contributed by atoms with Gasteiger partial charge in [-0.3, -0.25) is 4.68 Å².